The number of aliphatic hydroxyl groups excluding tert-OH is 1. The lowest BCUT2D eigenvalue weighted by atomic mass is 10.1. The third-order valence-corrected chi connectivity index (χ3v) is 7.24. The summed E-state index contributed by atoms with van der Waals surface area (Å²) < 4.78 is 43.8. The fourth-order valence-corrected chi connectivity index (χ4v) is 5.40. The van der Waals surface area contributed by atoms with Gasteiger partial charge in [-0.15, -0.1) is 0 Å². The number of hydrogen-bond donors (Lipinski definition) is 1. The van der Waals surface area contributed by atoms with Gasteiger partial charge in [-0.05, 0) is 43.5 Å². The second kappa shape index (κ2) is 9.24. The van der Waals surface area contributed by atoms with E-state index in [1.54, 1.807) is 18.2 Å². The summed E-state index contributed by atoms with van der Waals surface area (Å²) >= 11 is 0. The quantitative estimate of drug-likeness (QED) is 0.710. The van der Waals surface area contributed by atoms with E-state index in [1.165, 1.54) is 6.07 Å². The van der Waals surface area contributed by atoms with Crippen molar-refractivity contribution in [3.05, 3.63) is 65.0 Å². The number of halogens is 1. The molecule has 2 aromatic rings. The average molecular weight is 422 g/mol. The summed E-state index contributed by atoms with van der Waals surface area (Å²) in [4.78, 5) is 1.86. The zero-order valence-electron chi connectivity index (χ0n) is 16.8. The second-order valence-electron chi connectivity index (χ2n) is 7.74. The molecule has 2 atom stereocenters. The van der Waals surface area contributed by atoms with Gasteiger partial charge < -0.3 is 9.84 Å². The smallest absolute Gasteiger partial charge is 0.151 e. The molecular weight excluding hydrogens is 393 g/mol. The Morgan fingerprint density at radius 1 is 1.21 bits per heavy atom. The van der Waals surface area contributed by atoms with E-state index >= 15 is 0 Å². The monoisotopic (exact) mass is 421 g/mol. The highest BCUT2D eigenvalue weighted by atomic mass is 32.2. The minimum absolute atomic E-state index is 0.0337. The van der Waals surface area contributed by atoms with Crippen LogP contribution in [0.2, 0.25) is 0 Å². The van der Waals surface area contributed by atoms with E-state index in [0.717, 1.165) is 11.1 Å². The largest absolute Gasteiger partial charge is 0.491 e. The first-order chi connectivity index (χ1) is 13.7. The van der Waals surface area contributed by atoms with Crippen molar-refractivity contribution in [2.45, 2.75) is 39.0 Å². The van der Waals surface area contributed by atoms with Crippen LogP contribution in [0, 0.1) is 19.7 Å². The molecule has 1 N–H and O–H groups in total. The van der Waals surface area contributed by atoms with Crippen molar-refractivity contribution in [1.29, 1.82) is 0 Å². The van der Waals surface area contributed by atoms with Crippen LogP contribution in [0.15, 0.2) is 42.5 Å². The number of aryl methyl sites for hydroxylation is 1. The van der Waals surface area contributed by atoms with Gasteiger partial charge in [-0.25, -0.2) is 12.8 Å². The van der Waals surface area contributed by atoms with Gasteiger partial charge in [0, 0.05) is 24.7 Å². The molecule has 3 rings (SSSR count). The van der Waals surface area contributed by atoms with Crippen molar-refractivity contribution in [3.63, 3.8) is 0 Å². The lowest BCUT2D eigenvalue weighted by Crippen LogP contribution is -2.42. The van der Waals surface area contributed by atoms with E-state index in [1.807, 2.05) is 36.9 Å². The summed E-state index contributed by atoms with van der Waals surface area (Å²) in [6.07, 6.45) is -0.341. The van der Waals surface area contributed by atoms with Gasteiger partial charge in [-0.1, -0.05) is 30.3 Å². The molecule has 1 fully saturated rings. The van der Waals surface area contributed by atoms with Crippen LogP contribution in [0.3, 0.4) is 0 Å². The highest BCUT2D eigenvalue weighted by molar-refractivity contribution is 7.91. The zero-order chi connectivity index (χ0) is 21.0. The molecule has 29 heavy (non-hydrogen) atoms. The highest BCUT2D eigenvalue weighted by Crippen LogP contribution is 2.23. The number of hydrogen-bond acceptors (Lipinski definition) is 5. The van der Waals surface area contributed by atoms with Crippen LogP contribution >= 0.6 is 0 Å². The van der Waals surface area contributed by atoms with Crippen molar-refractivity contribution in [3.8, 4) is 5.75 Å². The van der Waals surface area contributed by atoms with Crippen LogP contribution in [-0.4, -0.2) is 55.2 Å². The molecular formula is C22H28FNO4S. The molecule has 2 aromatic carbocycles. The predicted molar refractivity (Wildman–Crippen MR) is 111 cm³/mol. The van der Waals surface area contributed by atoms with Crippen LogP contribution in [0.25, 0.3) is 0 Å². The minimum Gasteiger partial charge on any atom is -0.491 e. The molecule has 0 amide bonds. The number of benzene rings is 2. The number of nitrogens with zero attached hydrogens (tertiary/aromatic N) is 1. The zero-order valence-corrected chi connectivity index (χ0v) is 17.7. The second-order valence-corrected chi connectivity index (χ2v) is 9.97. The van der Waals surface area contributed by atoms with Gasteiger partial charge in [0.2, 0.25) is 0 Å². The first-order valence-electron chi connectivity index (χ1n) is 9.80. The summed E-state index contributed by atoms with van der Waals surface area (Å²) in [5.41, 5.74) is 2.61. The van der Waals surface area contributed by atoms with E-state index < -0.39 is 15.9 Å². The van der Waals surface area contributed by atoms with Crippen LogP contribution in [0.1, 0.15) is 23.1 Å². The van der Waals surface area contributed by atoms with Gasteiger partial charge in [-0.2, -0.15) is 0 Å². The lowest BCUT2D eigenvalue weighted by Gasteiger charge is -2.30. The van der Waals surface area contributed by atoms with E-state index in [9.17, 15) is 17.9 Å². The van der Waals surface area contributed by atoms with Crippen LogP contribution in [0.4, 0.5) is 4.39 Å². The third kappa shape index (κ3) is 5.78. The van der Waals surface area contributed by atoms with Crippen LogP contribution in [0.5, 0.6) is 5.75 Å². The number of ether oxygens (including phenoxy) is 1. The Morgan fingerprint density at radius 3 is 2.66 bits per heavy atom. The average Bonchev–Trinajstić information content (AvgIpc) is 3.04. The molecule has 5 nitrogen and oxygen atoms in total. The molecule has 1 aliphatic heterocycles. The Hall–Kier alpha value is -1.96. The summed E-state index contributed by atoms with van der Waals surface area (Å²) in [5.74, 6) is 0.541. The Bertz CT molecular complexity index is 948. The molecule has 1 saturated heterocycles. The summed E-state index contributed by atoms with van der Waals surface area (Å²) in [6.45, 7) is 4.49. The van der Waals surface area contributed by atoms with E-state index in [2.05, 4.69) is 0 Å². The van der Waals surface area contributed by atoms with Crippen molar-refractivity contribution in [2.24, 2.45) is 0 Å². The topological polar surface area (TPSA) is 66.8 Å². The summed E-state index contributed by atoms with van der Waals surface area (Å²) in [7, 11) is -3.09. The Labute approximate surface area is 172 Å². The van der Waals surface area contributed by atoms with Crippen molar-refractivity contribution < 1.29 is 22.7 Å². The molecule has 158 valence electrons. The van der Waals surface area contributed by atoms with Gasteiger partial charge in [0.1, 0.15) is 24.3 Å². The van der Waals surface area contributed by atoms with E-state index in [0.29, 0.717) is 17.7 Å². The molecule has 0 aromatic heterocycles. The standard InChI is InChI=1S/C22H28FNO4S/c1-16-6-5-9-22(17(16)2)28-14-20(25)13-24(19-10-11-29(26,27)15-19)12-18-7-3-4-8-21(18)23/h3-9,19-20,25H,10-15H2,1-2H3. The molecule has 1 aliphatic rings. The Kier molecular flexibility index (Phi) is 6.93. The SMILES string of the molecule is Cc1cccc(OCC(O)CN(Cc2ccccc2F)C2CCS(=O)(=O)C2)c1C. The molecule has 1 heterocycles. The third-order valence-electron chi connectivity index (χ3n) is 5.49. The Morgan fingerprint density at radius 2 is 1.97 bits per heavy atom. The maximum Gasteiger partial charge on any atom is 0.151 e. The maximum atomic E-state index is 14.1. The number of sulfone groups is 1. The molecule has 0 bridgehead atoms. The van der Waals surface area contributed by atoms with Crippen LogP contribution < -0.4 is 4.74 Å². The van der Waals surface area contributed by atoms with E-state index in [4.69, 9.17) is 4.74 Å². The predicted octanol–water partition coefficient (Wildman–Crippen LogP) is 2.87. The van der Waals surface area contributed by atoms with Crippen molar-refractivity contribution >= 4 is 9.84 Å². The van der Waals surface area contributed by atoms with Gasteiger partial charge in [-0.3, -0.25) is 4.90 Å². The first kappa shape index (κ1) is 21.7. The van der Waals surface area contributed by atoms with Crippen molar-refractivity contribution in [1.82, 2.24) is 4.90 Å². The van der Waals surface area contributed by atoms with Gasteiger partial charge in [0.25, 0.3) is 0 Å². The molecule has 0 radical (unpaired) electrons. The van der Waals surface area contributed by atoms with Gasteiger partial charge >= 0.3 is 0 Å². The van der Waals surface area contributed by atoms with Crippen LogP contribution in [-0.2, 0) is 16.4 Å². The lowest BCUT2D eigenvalue weighted by molar-refractivity contribution is 0.0518. The van der Waals surface area contributed by atoms with E-state index in [-0.39, 0.29) is 43.1 Å². The maximum absolute atomic E-state index is 14.1. The Balaban J connectivity index is 1.68. The van der Waals surface area contributed by atoms with Crippen molar-refractivity contribution in [2.75, 3.05) is 24.7 Å². The molecule has 0 aliphatic carbocycles. The normalized spacial score (nSPS) is 19.4. The summed E-state index contributed by atoms with van der Waals surface area (Å²) in [5, 5.41) is 10.6. The minimum atomic E-state index is -3.09. The molecule has 0 saturated carbocycles. The first-order valence-corrected chi connectivity index (χ1v) is 11.6. The summed E-state index contributed by atoms with van der Waals surface area (Å²) in [6, 6.07) is 12.0. The van der Waals surface area contributed by atoms with Gasteiger partial charge in [0.05, 0.1) is 11.5 Å². The van der Waals surface area contributed by atoms with Gasteiger partial charge in [0.15, 0.2) is 9.84 Å². The number of aliphatic hydroxyl groups is 1. The molecule has 7 heteroatoms. The molecule has 0 spiro atoms. The number of rotatable bonds is 8. The fourth-order valence-electron chi connectivity index (χ4n) is 3.64. The fraction of sp³-hybridized carbons (Fsp3) is 0.455. The molecule has 2 unspecified atom stereocenters. The highest BCUT2D eigenvalue weighted by Gasteiger charge is 2.33.